The van der Waals surface area contributed by atoms with Gasteiger partial charge < -0.3 is 27.2 Å². The molecule has 0 aromatic carbocycles. The van der Waals surface area contributed by atoms with Gasteiger partial charge in [-0.05, 0) is 39.2 Å². The van der Waals surface area contributed by atoms with Gasteiger partial charge in [0, 0.05) is 12.3 Å². The second-order valence-electron chi connectivity index (χ2n) is 6.85. The van der Waals surface area contributed by atoms with Crippen LogP contribution in [-0.4, -0.2) is 59.0 Å². The van der Waals surface area contributed by atoms with Crippen molar-refractivity contribution in [2.24, 2.45) is 17.4 Å². The third-order valence-corrected chi connectivity index (χ3v) is 4.24. The van der Waals surface area contributed by atoms with E-state index >= 15 is 0 Å². The van der Waals surface area contributed by atoms with Gasteiger partial charge in [-0.15, -0.1) is 0 Å². The van der Waals surface area contributed by atoms with E-state index in [1.54, 1.807) is 0 Å². The molecule has 0 aromatic rings. The summed E-state index contributed by atoms with van der Waals surface area (Å²) in [7, 11) is 0. The molecule has 0 fully saturated rings. The smallest absolute Gasteiger partial charge is 0.303 e. The van der Waals surface area contributed by atoms with E-state index in [1.165, 1.54) is 6.92 Å². The Balaban J connectivity index is 5.15. The van der Waals surface area contributed by atoms with Crippen LogP contribution < -0.4 is 22.1 Å². The second-order valence-corrected chi connectivity index (χ2v) is 6.85. The summed E-state index contributed by atoms with van der Waals surface area (Å²) < 4.78 is 0. The van der Waals surface area contributed by atoms with Gasteiger partial charge in [0.05, 0.1) is 18.5 Å². The van der Waals surface area contributed by atoms with E-state index in [0.717, 1.165) is 6.92 Å². The highest BCUT2D eigenvalue weighted by molar-refractivity contribution is 6.38. The van der Waals surface area contributed by atoms with Gasteiger partial charge in [0.15, 0.2) is 5.78 Å². The molecule has 0 radical (unpaired) electrons. The van der Waals surface area contributed by atoms with Gasteiger partial charge in [-0.25, -0.2) is 0 Å². The van der Waals surface area contributed by atoms with Crippen LogP contribution in [-0.2, 0) is 28.8 Å². The molecule has 0 heterocycles. The summed E-state index contributed by atoms with van der Waals surface area (Å²) in [5, 5.41) is 13.3. The fourth-order valence-electron chi connectivity index (χ4n) is 2.43. The number of nitrogens with two attached hydrogens (primary N) is 2. The van der Waals surface area contributed by atoms with E-state index in [-0.39, 0.29) is 19.3 Å². The Labute approximate surface area is 168 Å². The molecule has 0 aliphatic heterocycles. The van der Waals surface area contributed by atoms with Gasteiger partial charge in [-0.1, -0.05) is 6.92 Å². The topological polar surface area (TPSA) is 199 Å². The lowest BCUT2D eigenvalue weighted by atomic mass is 10.0. The molecule has 0 aliphatic carbocycles. The minimum Gasteiger partial charge on any atom is -0.481 e. The molecule has 0 aliphatic rings. The maximum atomic E-state index is 12.5. The summed E-state index contributed by atoms with van der Waals surface area (Å²) in [6.07, 6.45) is 0.567. The number of carbonyl (C=O) groups is 6. The number of primary amides is 1. The van der Waals surface area contributed by atoms with Crippen LogP contribution in [0.15, 0.2) is 0 Å². The Morgan fingerprint density at radius 2 is 1.59 bits per heavy atom. The Kier molecular flexibility index (Phi) is 12.1. The molecular formula is C18H30N4O7. The molecule has 11 nitrogen and oxygen atoms in total. The van der Waals surface area contributed by atoms with Crippen LogP contribution in [0.25, 0.3) is 0 Å². The Hall–Kier alpha value is -2.82. The van der Waals surface area contributed by atoms with Crippen molar-refractivity contribution in [1.82, 2.24) is 10.6 Å². The van der Waals surface area contributed by atoms with Crippen LogP contribution in [0.3, 0.4) is 0 Å². The Bertz CT molecular complexity index is 636. The van der Waals surface area contributed by atoms with E-state index in [1.807, 2.05) is 0 Å². The summed E-state index contributed by atoms with van der Waals surface area (Å²) in [4.78, 5) is 70.3. The minimum atomic E-state index is -1.24. The first-order valence-corrected chi connectivity index (χ1v) is 9.35. The van der Waals surface area contributed by atoms with Crippen LogP contribution in [0.5, 0.6) is 0 Å². The number of nitrogens with one attached hydrogen (secondary N) is 2. The van der Waals surface area contributed by atoms with Crippen molar-refractivity contribution >= 4 is 35.3 Å². The zero-order chi connectivity index (χ0) is 22.6. The van der Waals surface area contributed by atoms with Crippen molar-refractivity contribution in [2.75, 3.05) is 6.54 Å². The lowest BCUT2D eigenvalue weighted by Crippen LogP contribution is -2.52. The molecule has 0 rings (SSSR count). The van der Waals surface area contributed by atoms with E-state index < -0.39 is 59.7 Å². The molecule has 0 bridgehead atoms. The molecule has 164 valence electrons. The number of hydrogen-bond donors (Lipinski definition) is 5. The molecule has 29 heavy (non-hydrogen) atoms. The van der Waals surface area contributed by atoms with Crippen molar-refractivity contribution in [2.45, 2.75) is 64.5 Å². The molecule has 3 atom stereocenters. The zero-order valence-corrected chi connectivity index (χ0v) is 16.7. The van der Waals surface area contributed by atoms with Crippen LogP contribution in [0, 0.1) is 5.92 Å². The zero-order valence-electron chi connectivity index (χ0n) is 16.7. The first-order chi connectivity index (χ1) is 13.5. The molecule has 0 spiro atoms. The second kappa shape index (κ2) is 13.4. The average molecular weight is 414 g/mol. The van der Waals surface area contributed by atoms with Crippen LogP contribution >= 0.6 is 0 Å². The SMILES string of the molecule is CC(=O)[C@H](CC(N)=O)NC(=O)C(=O)[C@H](CCCCN)NC(=O)[C@@H](C)CCC(=O)O. The third-order valence-electron chi connectivity index (χ3n) is 4.24. The van der Waals surface area contributed by atoms with Crippen LogP contribution in [0.2, 0.25) is 0 Å². The normalized spacial score (nSPS) is 13.6. The monoisotopic (exact) mass is 414 g/mol. The molecule has 0 aromatic heterocycles. The summed E-state index contributed by atoms with van der Waals surface area (Å²) >= 11 is 0. The fourth-order valence-corrected chi connectivity index (χ4v) is 2.43. The van der Waals surface area contributed by atoms with Crippen LogP contribution in [0.4, 0.5) is 0 Å². The molecule has 0 saturated heterocycles. The predicted molar refractivity (Wildman–Crippen MR) is 102 cm³/mol. The minimum absolute atomic E-state index is 0.0715. The number of amides is 3. The number of hydrogen-bond acceptors (Lipinski definition) is 7. The van der Waals surface area contributed by atoms with Crippen molar-refractivity contribution in [3.05, 3.63) is 0 Å². The molecular weight excluding hydrogens is 384 g/mol. The molecule has 0 saturated carbocycles. The number of aliphatic carboxylic acids is 1. The number of rotatable bonds is 15. The lowest BCUT2D eigenvalue weighted by molar-refractivity contribution is -0.142. The number of ketones is 2. The van der Waals surface area contributed by atoms with Gasteiger partial charge in [-0.3, -0.25) is 28.8 Å². The van der Waals surface area contributed by atoms with Crippen LogP contribution in [0.1, 0.15) is 52.4 Å². The van der Waals surface area contributed by atoms with Gasteiger partial charge in [0.25, 0.3) is 5.91 Å². The summed E-state index contributed by atoms with van der Waals surface area (Å²) in [6, 6.07) is -2.40. The van der Waals surface area contributed by atoms with Gasteiger partial charge >= 0.3 is 5.97 Å². The average Bonchev–Trinajstić information content (AvgIpc) is 2.63. The first-order valence-electron chi connectivity index (χ1n) is 9.35. The predicted octanol–water partition coefficient (Wildman–Crippen LogP) is -1.38. The van der Waals surface area contributed by atoms with Crippen molar-refractivity contribution in [1.29, 1.82) is 0 Å². The number of unbranched alkanes of at least 4 members (excludes halogenated alkanes) is 1. The highest BCUT2D eigenvalue weighted by atomic mass is 16.4. The van der Waals surface area contributed by atoms with Crippen molar-refractivity contribution < 1.29 is 33.9 Å². The number of carboxylic acids is 1. The quantitative estimate of drug-likeness (QED) is 0.159. The van der Waals surface area contributed by atoms with E-state index in [4.69, 9.17) is 16.6 Å². The molecule has 11 heteroatoms. The van der Waals surface area contributed by atoms with Gasteiger partial charge in [0.2, 0.25) is 17.6 Å². The maximum Gasteiger partial charge on any atom is 0.303 e. The summed E-state index contributed by atoms with van der Waals surface area (Å²) in [5.41, 5.74) is 10.5. The number of Topliss-reactive ketones (excluding diaryl/α,β-unsaturated/α-hetero) is 2. The lowest BCUT2D eigenvalue weighted by Gasteiger charge is -2.21. The fraction of sp³-hybridized carbons (Fsp3) is 0.667. The van der Waals surface area contributed by atoms with E-state index in [0.29, 0.717) is 19.4 Å². The van der Waals surface area contributed by atoms with E-state index in [2.05, 4.69) is 10.6 Å². The molecule has 0 unspecified atom stereocenters. The van der Waals surface area contributed by atoms with Gasteiger partial charge in [0.1, 0.15) is 0 Å². The Morgan fingerprint density at radius 1 is 0.966 bits per heavy atom. The highest BCUT2D eigenvalue weighted by Crippen LogP contribution is 2.09. The van der Waals surface area contributed by atoms with Crippen molar-refractivity contribution in [3.8, 4) is 0 Å². The summed E-state index contributed by atoms with van der Waals surface area (Å²) in [6.45, 7) is 3.02. The standard InChI is InChI=1S/C18H30N4O7/c1-10(6-7-15(25)26)17(28)21-12(5-3-4-8-19)16(27)18(29)22-13(11(2)23)9-14(20)24/h10,12-13H,3-9,19H2,1-2H3,(H2,20,24)(H,21,28)(H,22,29)(H,25,26)/t10-,12-,13-/m0/s1. The summed E-state index contributed by atoms with van der Waals surface area (Å²) in [5.74, 6) is -5.76. The first kappa shape index (κ1) is 26.2. The van der Waals surface area contributed by atoms with Gasteiger partial charge in [-0.2, -0.15) is 0 Å². The van der Waals surface area contributed by atoms with E-state index in [9.17, 15) is 28.8 Å². The molecule has 3 amide bonds. The third kappa shape index (κ3) is 10.9. The number of carbonyl (C=O) groups excluding carboxylic acids is 5. The largest absolute Gasteiger partial charge is 0.481 e. The number of carboxylic acid groups (broad SMARTS) is 1. The van der Waals surface area contributed by atoms with Crippen molar-refractivity contribution in [3.63, 3.8) is 0 Å². The highest BCUT2D eigenvalue weighted by Gasteiger charge is 2.30. The Morgan fingerprint density at radius 3 is 2.07 bits per heavy atom. The maximum absolute atomic E-state index is 12.5. The molecule has 7 N–H and O–H groups in total.